The van der Waals surface area contributed by atoms with Crippen molar-refractivity contribution in [2.24, 2.45) is 11.8 Å². The first kappa shape index (κ1) is 15.5. The SMILES string of the molecule is CCC1COC(C(C)CCCC(C)C)N1C(C)=O. The zero-order valence-corrected chi connectivity index (χ0v) is 12.6. The minimum absolute atomic E-state index is 0.000359. The Morgan fingerprint density at radius 3 is 2.50 bits per heavy atom. The molecule has 0 aromatic heterocycles. The molecule has 3 heteroatoms. The van der Waals surface area contributed by atoms with Gasteiger partial charge in [-0.2, -0.15) is 0 Å². The van der Waals surface area contributed by atoms with E-state index in [0.717, 1.165) is 18.8 Å². The van der Waals surface area contributed by atoms with E-state index in [1.54, 1.807) is 6.92 Å². The van der Waals surface area contributed by atoms with E-state index in [1.165, 1.54) is 12.8 Å². The third-order valence-electron chi connectivity index (χ3n) is 3.89. The van der Waals surface area contributed by atoms with E-state index in [9.17, 15) is 4.79 Å². The van der Waals surface area contributed by atoms with E-state index >= 15 is 0 Å². The van der Waals surface area contributed by atoms with Crippen molar-refractivity contribution in [1.82, 2.24) is 4.90 Å². The van der Waals surface area contributed by atoms with Crippen molar-refractivity contribution in [2.75, 3.05) is 6.61 Å². The van der Waals surface area contributed by atoms with Crippen LogP contribution in [-0.2, 0) is 9.53 Å². The number of rotatable bonds is 6. The van der Waals surface area contributed by atoms with Crippen LogP contribution in [0.4, 0.5) is 0 Å². The Bertz CT molecular complexity index is 265. The molecular weight excluding hydrogens is 226 g/mol. The number of carbonyl (C=O) groups excluding carboxylic acids is 1. The fourth-order valence-corrected chi connectivity index (χ4v) is 2.76. The number of nitrogens with zero attached hydrogens (tertiary/aromatic N) is 1. The molecule has 0 bridgehead atoms. The summed E-state index contributed by atoms with van der Waals surface area (Å²) in [5.41, 5.74) is 0. The second kappa shape index (κ2) is 7.13. The fraction of sp³-hybridized carbons (Fsp3) is 0.933. The molecule has 0 aliphatic carbocycles. The lowest BCUT2D eigenvalue weighted by atomic mass is 9.97. The lowest BCUT2D eigenvalue weighted by molar-refractivity contribution is -0.138. The number of hydrogen-bond donors (Lipinski definition) is 0. The lowest BCUT2D eigenvalue weighted by Crippen LogP contribution is -2.43. The average molecular weight is 255 g/mol. The van der Waals surface area contributed by atoms with Gasteiger partial charge in [0.05, 0.1) is 12.6 Å². The molecule has 3 nitrogen and oxygen atoms in total. The van der Waals surface area contributed by atoms with Gasteiger partial charge >= 0.3 is 0 Å². The van der Waals surface area contributed by atoms with Crippen molar-refractivity contribution in [3.63, 3.8) is 0 Å². The van der Waals surface area contributed by atoms with Gasteiger partial charge in [-0.25, -0.2) is 0 Å². The van der Waals surface area contributed by atoms with Crippen molar-refractivity contribution < 1.29 is 9.53 Å². The molecule has 0 spiro atoms. The first-order chi connectivity index (χ1) is 8.47. The van der Waals surface area contributed by atoms with Crippen LogP contribution >= 0.6 is 0 Å². The molecule has 18 heavy (non-hydrogen) atoms. The van der Waals surface area contributed by atoms with Crippen LogP contribution in [0.5, 0.6) is 0 Å². The summed E-state index contributed by atoms with van der Waals surface area (Å²) in [6.45, 7) is 11.2. The summed E-state index contributed by atoms with van der Waals surface area (Å²) in [5.74, 6) is 1.35. The summed E-state index contributed by atoms with van der Waals surface area (Å²) in [4.78, 5) is 13.7. The Kier molecular flexibility index (Phi) is 6.13. The molecule has 1 fully saturated rings. The number of amides is 1. The summed E-state index contributed by atoms with van der Waals surface area (Å²) in [6.07, 6.45) is 4.60. The zero-order valence-electron chi connectivity index (χ0n) is 12.6. The molecule has 0 N–H and O–H groups in total. The van der Waals surface area contributed by atoms with Gasteiger partial charge in [0.1, 0.15) is 6.23 Å². The molecule has 1 amide bonds. The molecule has 106 valence electrons. The second-order valence-corrected chi connectivity index (χ2v) is 6.01. The first-order valence-electron chi connectivity index (χ1n) is 7.37. The predicted molar refractivity (Wildman–Crippen MR) is 74.2 cm³/mol. The minimum Gasteiger partial charge on any atom is -0.356 e. The minimum atomic E-state index is -0.000359. The molecule has 3 atom stereocenters. The van der Waals surface area contributed by atoms with Crippen LogP contribution in [0.3, 0.4) is 0 Å². The predicted octanol–water partition coefficient (Wildman–Crippen LogP) is 3.43. The Morgan fingerprint density at radius 1 is 1.33 bits per heavy atom. The molecule has 0 radical (unpaired) electrons. The van der Waals surface area contributed by atoms with Crippen molar-refractivity contribution in [3.05, 3.63) is 0 Å². The number of hydrogen-bond acceptors (Lipinski definition) is 2. The molecule has 1 saturated heterocycles. The van der Waals surface area contributed by atoms with Gasteiger partial charge in [0, 0.05) is 12.8 Å². The van der Waals surface area contributed by atoms with Crippen molar-refractivity contribution >= 4 is 5.91 Å². The van der Waals surface area contributed by atoms with Crippen LogP contribution < -0.4 is 0 Å². The van der Waals surface area contributed by atoms with Gasteiger partial charge in [0.2, 0.25) is 5.91 Å². The highest BCUT2D eigenvalue weighted by Crippen LogP contribution is 2.28. The lowest BCUT2D eigenvalue weighted by Gasteiger charge is -2.30. The number of carbonyl (C=O) groups is 1. The van der Waals surface area contributed by atoms with E-state index in [2.05, 4.69) is 27.7 Å². The summed E-state index contributed by atoms with van der Waals surface area (Å²) in [5, 5.41) is 0. The average Bonchev–Trinajstić information content (AvgIpc) is 2.71. The first-order valence-corrected chi connectivity index (χ1v) is 7.37. The van der Waals surface area contributed by atoms with E-state index < -0.39 is 0 Å². The maximum absolute atomic E-state index is 11.8. The quantitative estimate of drug-likeness (QED) is 0.727. The van der Waals surface area contributed by atoms with Gasteiger partial charge < -0.3 is 9.64 Å². The van der Waals surface area contributed by atoms with Gasteiger partial charge in [0.25, 0.3) is 0 Å². The third kappa shape index (κ3) is 3.98. The highest BCUT2D eigenvalue weighted by atomic mass is 16.5. The van der Waals surface area contributed by atoms with Gasteiger partial charge in [-0.3, -0.25) is 4.79 Å². The molecule has 0 aromatic carbocycles. The Balaban J connectivity index is 2.50. The Labute approximate surface area is 112 Å². The van der Waals surface area contributed by atoms with E-state index in [-0.39, 0.29) is 18.2 Å². The fourth-order valence-electron chi connectivity index (χ4n) is 2.76. The molecule has 1 heterocycles. The maximum Gasteiger partial charge on any atom is 0.221 e. The van der Waals surface area contributed by atoms with Crippen LogP contribution in [-0.4, -0.2) is 29.7 Å². The van der Waals surface area contributed by atoms with Gasteiger partial charge in [-0.15, -0.1) is 0 Å². The smallest absolute Gasteiger partial charge is 0.221 e. The molecule has 1 aliphatic rings. The van der Waals surface area contributed by atoms with Crippen molar-refractivity contribution in [2.45, 2.75) is 72.6 Å². The molecule has 3 unspecified atom stereocenters. The van der Waals surface area contributed by atoms with Crippen LogP contribution in [0.15, 0.2) is 0 Å². The summed E-state index contributed by atoms with van der Waals surface area (Å²) in [6, 6.07) is 0.278. The standard InChI is InChI=1S/C15H29NO2/c1-6-14-10-18-15(16(14)13(5)17)12(4)9-7-8-11(2)3/h11-12,14-15H,6-10H2,1-5H3. The molecule has 0 saturated carbocycles. The third-order valence-corrected chi connectivity index (χ3v) is 3.89. The largest absolute Gasteiger partial charge is 0.356 e. The van der Waals surface area contributed by atoms with E-state index in [1.807, 2.05) is 4.90 Å². The second-order valence-electron chi connectivity index (χ2n) is 6.01. The molecular formula is C15H29NO2. The highest BCUT2D eigenvalue weighted by Gasteiger charge is 2.37. The van der Waals surface area contributed by atoms with Crippen LogP contribution in [0.1, 0.15) is 60.3 Å². The normalized spacial score (nSPS) is 25.8. The molecule has 0 aromatic rings. The summed E-state index contributed by atoms with van der Waals surface area (Å²) < 4.78 is 5.85. The topological polar surface area (TPSA) is 29.5 Å². The van der Waals surface area contributed by atoms with Crippen molar-refractivity contribution in [3.8, 4) is 0 Å². The van der Waals surface area contributed by atoms with Crippen LogP contribution in [0.2, 0.25) is 0 Å². The van der Waals surface area contributed by atoms with Gasteiger partial charge in [0.15, 0.2) is 0 Å². The Morgan fingerprint density at radius 2 is 2.00 bits per heavy atom. The molecule has 1 aliphatic heterocycles. The van der Waals surface area contributed by atoms with E-state index in [4.69, 9.17) is 4.74 Å². The monoisotopic (exact) mass is 255 g/mol. The van der Waals surface area contributed by atoms with Crippen molar-refractivity contribution in [1.29, 1.82) is 0 Å². The Hall–Kier alpha value is -0.570. The summed E-state index contributed by atoms with van der Waals surface area (Å²) >= 11 is 0. The number of ether oxygens (including phenoxy) is 1. The maximum atomic E-state index is 11.8. The van der Waals surface area contributed by atoms with Gasteiger partial charge in [-0.1, -0.05) is 40.5 Å². The van der Waals surface area contributed by atoms with Crippen LogP contribution in [0, 0.1) is 11.8 Å². The van der Waals surface area contributed by atoms with Gasteiger partial charge in [-0.05, 0) is 18.8 Å². The zero-order chi connectivity index (χ0) is 13.7. The van der Waals surface area contributed by atoms with Crippen LogP contribution in [0.25, 0.3) is 0 Å². The highest BCUT2D eigenvalue weighted by molar-refractivity contribution is 5.74. The summed E-state index contributed by atoms with van der Waals surface area (Å²) in [7, 11) is 0. The van der Waals surface area contributed by atoms with E-state index in [0.29, 0.717) is 12.5 Å². The molecule has 1 rings (SSSR count).